The number of fused-ring (bicyclic) bond motifs is 2. The molecule has 1 atom stereocenters. The summed E-state index contributed by atoms with van der Waals surface area (Å²) in [7, 11) is 0. The van der Waals surface area contributed by atoms with E-state index in [1.165, 1.54) is 17.2 Å². The van der Waals surface area contributed by atoms with Crippen LogP contribution in [-0.2, 0) is 28.5 Å². The van der Waals surface area contributed by atoms with Crippen LogP contribution in [0.1, 0.15) is 40.2 Å². The zero-order valence-electron chi connectivity index (χ0n) is 16.1. The van der Waals surface area contributed by atoms with Crippen LogP contribution in [0, 0.1) is 0 Å². The van der Waals surface area contributed by atoms with Crippen LogP contribution in [-0.4, -0.2) is 30.8 Å². The standard InChI is InChI=1S/C23H20F3NO3/c24-23(25,26)16-6-2-5-15(9-16)20-17-10-13-3-1-4-14(13)11-18(17)27(7-8-28)19-12-30-22(29)21(19)20/h2,5-6,9-11,20,28H,1,3-4,7-8,12H2. The van der Waals surface area contributed by atoms with Crippen LogP contribution in [0.4, 0.5) is 18.9 Å². The lowest BCUT2D eigenvalue weighted by Crippen LogP contribution is -2.33. The smallest absolute Gasteiger partial charge is 0.416 e. The van der Waals surface area contributed by atoms with Gasteiger partial charge in [-0.1, -0.05) is 24.3 Å². The molecule has 0 saturated carbocycles. The van der Waals surface area contributed by atoms with Gasteiger partial charge in [0, 0.05) is 18.2 Å². The lowest BCUT2D eigenvalue weighted by molar-refractivity contribution is -0.137. The average molecular weight is 415 g/mol. The first-order chi connectivity index (χ1) is 14.4. The minimum atomic E-state index is -4.47. The molecule has 4 nitrogen and oxygen atoms in total. The molecule has 156 valence electrons. The molecule has 3 aliphatic rings. The van der Waals surface area contributed by atoms with Crippen LogP contribution in [0.3, 0.4) is 0 Å². The third-order valence-corrected chi connectivity index (χ3v) is 6.20. The maximum absolute atomic E-state index is 13.4. The number of rotatable bonds is 3. The van der Waals surface area contributed by atoms with Gasteiger partial charge in [-0.15, -0.1) is 0 Å². The largest absolute Gasteiger partial charge is 0.456 e. The molecule has 30 heavy (non-hydrogen) atoms. The van der Waals surface area contributed by atoms with Crippen molar-refractivity contribution < 1.29 is 27.8 Å². The van der Waals surface area contributed by atoms with Crippen molar-refractivity contribution in [3.8, 4) is 0 Å². The number of aliphatic hydroxyl groups excluding tert-OH is 1. The van der Waals surface area contributed by atoms with Crippen molar-refractivity contribution in [1.29, 1.82) is 0 Å². The van der Waals surface area contributed by atoms with Crippen LogP contribution in [0.25, 0.3) is 0 Å². The fourth-order valence-electron chi connectivity index (χ4n) is 4.91. The number of halogens is 3. The van der Waals surface area contributed by atoms with E-state index in [0.717, 1.165) is 42.6 Å². The van der Waals surface area contributed by atoms with Crippen LogP contribution < -0.4 is 4.90 Å². The minimum absolute atomic E-state index is 0.0557. The van der Waals surface area contributed by atoms with Crippen LogP contribution in [0.2, 0.25) is 0 Å². The summed E-state index contributed by atoms with van der Waals surface area (Å²) in [5, 5.41) is 9.62. The highest BCUT2D eigenvalue weighted by molar-refractivity contribution is 5.97. The van der Waals surface area contributed by atoms with E-state index in [9.17, 15) is 23.1 Å². The van der Waals surface area contributed by atoms with E-state index in [1.807, 2.05) is 11.0 Å². The second-order valence-corrected chi connectivity index (χ2v) is 7.90. The Morgan fingerprint density at radius 2 is 1.90 bits per heavy atom. The number of aryl methyl sites for hydroxylation is 2. The molecule has 2 aromatic carbocycles. The summed E-state index contributed by atoms with van der Waals surface area (Å²) in [5.74, 6) is -1.14. The highest BCUT2D eigenvalue weighted by Crippen LogP contribution is 2.49. The Bertz CT molecular complexity index is 1070. The fourth-order valence-corrected chi connectivity index (χ4v) is 4.91. The number of anilines is 1. The highest BCUT2D eigenvalue weighted by atomic mass is 19.4. The number of alkyl halides is 3. The van der Waals surface area contributed by atoms with Gasteiger partial charge in [-0.25, -0.2) is 4.79 Å². The molecule has 0 spiro atoms. The van der Waals surface area contributed by atoms with Crippen LogP contribution in [0.5, 0.6) is 0 Å². The first-order valence-corrected chi connectivity index (χ1v) is 10.00. The summed E-state index contributed by atoms with van der Waals surface area (Å²) in [4.78, 5) is 14.6. The molecule has 0 fully saturated rings. The molecule has 0 bridgehead atoms. The molecular weight excluding hydrogens is 395 g/mol. The molecule has 0 radical (unpaired) electrons. The molecule has 1 aliphatic carbocycles. The zero-order chi connectivity index (χ0) is 21.0. The zero-order valence-corrected chi connectivity index (χ0v) is 16.1. The van der Waals surface area contributed by atoms with Gasteiger partial charge in [0.25, 0.3) is 0 Å². The fraction of sp³-hybridized carbons (Fsp3) is 0.348. The number of benzene rings is 2. The molecule has 0 saturated heterocycles. The van der Waals surface area contributed by atoms with Gasteiger partial charge >= 0.3 is 12.1 Å². The molecule has 2 aromatic rings. The van der Waals surface area contributed by atoms with Crippen molar-refractivity contribution in [1.82, 2.24) is 0 Å². The summed E-state index contributed by atoms with van der Waals surface area (Å²) in [5.41, 5.74) is 4.69. The van der Waals surface area contributed by atoms with E-state index in [1.54, 1.807) is 6.07 Å². The van der Waals surface area contributed by atoms with E-state index in [-0.39, 0.29) is 19.8 Å². The summed E-state index contributed by atoms with van der Waals surface area (Å²) < 4.78 is 45.4. The normalized spacial score (nSPS) is 20.2. The molecule has 7 heteroatoms. The predicted molar refractivity (Wildman–Crippen MR) is 104 cm³/mol. The lowest BCUT2D eigenvalue weighted by Gasteiger charge is -2.36. The Kier molecular flexibility index (Phi) is 4.39. The van der Waals surface area contributed by atoms with E-state index in [4.69, 9.17) is 4.74 Å². The minimum Gasteiger partial charge on any atom is -0.456 e. The number of ether oxygens (including phenoxy) is 1. The Morgan fingerprint density at radius 3 is 2.63 bits per heavy atom. The third-order valence-electron chi connectivity index (χ3n) is 6.20. The van der Waals surface area contributed by atoms with Gasteiger partial charge in [-0.05, 0) is 53.6 Å². The number of cyclic esters (lactones) is 1. The number of hydrogen-bond acceptors (Lipinski definition) is 4. The van der Waals surface area contributed by atoms with Crippen molar-refractivity contribution in [2.24, 2.45) is 0 Å². The Hall–Kier alpha value is -2.80. The molecule has 2 heterocycles. The summed E-state index contributed by atoms with van der Waals surface area (Å²) in [6.07, 6.45) is -1.58. The van der Waals surface area contributed by atoms with E-state index in [2.05, 4.69) is 6.07 Å². The number of β-amino-alcohol motifs (C(OH)–C–C–N with tert-alkyl or cyclic N) is 1. The maximum Gasteiger partial charge on any atom is 0.416 e. The van der Waals surface area contributed by atoms with Crippen molar-refractivity contribution in [2.75, 3.05) is 24.7 Å². The van der Waals surface area contributed by atoms with E-state index in [0.29, 0.717) is 16.8 Å². The van der Waals surface area contributed by atoms with Crippen LogP contribution >= 0.6 is 0 Å². The van der Waals surface area contributed by atoms with Gasteiger partial charge < -0.3 is 14.7 Å². The number of nitrogens with zero attached hydrogens (tertiary/aromatic N) is 1. The van der Waals surface area contributed by atoms with Crippen molar-refractivity contribution in [3.63, 3.8) is 0 Å². The molecule has 1 N–H and O–H groups in total. The lowest BCUT2D eigenvalue weighted by atomic mass is 9.79. The number of aliphatic hydroxyl groups is 1. The Balaban J connectivity index is 1.75. The Labute approximate surface area is 171 Å². The molecule has 0 amide bonds. The molecular formula is C23H20F3NO3. The SMILES string of the molecule is O=C1OCC2=C1C(c1cccc(C(F)(F)F)c1)c1cc3c(cc1N2CCO)CCC3. The number of esters is 1. The predicted octanol–water partition coefficient (Wildman–Crippen LogP) is 3.95. The van der Waals surface area contributed by atoms with Crippen molar-refractivity contribution >= 4 is 11.7 Å². The van der Waals surface area contributed by atoms with E-state index < -0.39 is 23.6 Å². The van der Waals surface area contributed by atoms with Gasteiger partial charge in [0.05, 0.1) is 23.4 Å². The number of carbonyl (C=O) groups is 1. The summed E-state index contributed by atoms with van der Waals surface area (Å²) in [6.45, 7) is 0.229. The molecule has 1 unspecified atom stereocenters. The molecule has 2 aliphatic heterocycles. The Morgan fingerprint density at radius 1 is 1.13 bits per heavy atom. The van der Waals surface area contributed by atoms with Crippen LogP contribution in [0.15, 0.2) is 47.7 Å². The molecule has 0 aromatic heterocycles. The highest BCUT2D eigenvalue weighted by Gasteiger charge is 2.43. The summed E-state index contributed by atoms with van der Waals surface area (Å²) in [6, 6.07) is 9.28. The topological polar surface area (TPSA) is 49.8 Å². The quantitative estimate of drug-likeness (QED) is 0.772. The summed E-state index contributed by atoms with van der Waals surface area (Å²) >= 11 is 0. The number of hydrogen-bond donors (Lipinski definition) is 1. The molecule has 5 rings (SSSR count). The van der Waals surface area contributed by atoms with Crippen molar-refractivity contribution in [3.05, 3.63) is 75.5 Å². The van der Waals surface area contributed by atoms with Crippen molar-refractivity contribution in [2.45, 2.75) is 31.4 Å². The first kappa shape index (κ1) is 19.2. The second-order valence-electron chi connectivity index (χ2n) is 7.90. The number of carbonyl (C=O) groups excluding carboxylic acids is 1. The van der Waals surface area contributed by atoms with Gasteiger partial charge in [-0.2, -0.15) is 13.2 Å². The maximum atomic E-state index is 13.4. The van der Waals surface area contributed by atoms with E-state index >= 15 is 0 Å². The monoisotopic (exact) mass is 415 g/mol. The first-order valence-electron chi connectivity index (χ1n) is 10.00. The van der Waals surface area contributed by atoms with Gasteiger partial charge in [0.15, 0.2) is 0 Å². The third kappa shape index (κ3) is 2.91. The second kappa shape index (κ2) is 6.87. The van der Waals surface area contributed by atoms with Gasteiger partial charge in [0.1, 0.15) is 6.61 Å². The van der Waals surface area contributed by atoms with Gasteiger partial charge in [-0.3, -0.25) is 0 Å². The average Bonchev–Trinajstić information content (AvgIpc) is 3.33. The van der Waals surface area contributed by atoms with Gasteiger partial charge in [0.2, 0.25) is 0 Å².